The number of hydrogen-bond acceptors (Lipinski definition) is 4. The van der Waals surface area contributed by atoms with Gasteiger partial charge >= 0.3 is 0 Å². The Morgan fingerprint density at radius 3 is 3.00 bits per heavy atom. The van der Waals surface area contributed by atoms with Gasteiger partial charge in [0.2, 0.25) is 5.28 Å². The summed E-state index contributed by atoms with van der Waals surface area (Å²) in [6, 6.07) is 7.24. The molecule has 2 aromatic rings. The Morgan fingerprint density at radius 1 is 1.45 bits per heavy atom. The molecule has 0 saturated carbocycles. The summed E-state index contributed by atoms with van der Waals surface area (Å²) in [5.41, 5.74) is 0.666. The molecular weight excluding hydrogens is 281 g/mol. The summed E-state index contributed by atoms with van der Waals surface area (Å²) in [6.07, 6.45) is 2.06. The van der Waals surface area contributed by atoms with Crippen LogP contribution in [0.5, 0.6) is 5.75 Å². The summed E-state index contributed by atoms with van der Waals surface area (Å²) in [6.45, 7) is 4.04. The zero-order valence-electron chi connectivity index (χ0n) is 11.2. The van der Waals surface area contributed by atoms with Gasteiger partial charge in [0.25, 0.3) is 0 Å². The first-order valence-electron chi connectivity index (χ1n) is 6.30. The fourth-order valence-electron chi connectivity index (χ4n) is 1.53. The number of benzene rings is 1. The van der Waals surface area contributed by atoms with Crippen LogP contribution in [0.15, 0.2) is 30.5 Å². The molecule has 1 heterocycles. The lowest BCUT2D eigenvalue weighted by atomic mass is 10.2. The number of ether oxygens (including phenoxy) is 1. The van der Waals surface area contributed by atoms with E-state index in [2.05, 4.69) is 15.3 Å². The molecule has 1 aromatic carbocycles. The van der Waals surface area contributed by atoms with Gasteiger partial charge in [0.15, 0.2) is 11.6 Å². The molecule has 0 aliphatic carbocycles. The maximum absolute atomic E-state index is 13.5. The number of anilines is 2. The van der Waals surface area contributed by atoms with E-state index in [4.69, 9.17) is 16.3 Å². The largest absolute Gasteiger partial charge is 0.491 e. The lowest BCUT2D eigenvalue weighted by molar-refractivity contribution is 0.217. The summed E-state index contributed by atoms with van der Waals surface area (Å²) < 4.78 is 19.2. The molecule has 0 saturated heterocycles. The van der Waals surface area contributed by atoms with Gasteiger partial charge < -0.3 is 10.1 Å². The highest BCUT2D eigenvalue weighted by Gasteiger charge is 2.07. The second kappa shape index (κ2) is 6.52. The number of hydrogen-bond donors (Lipinski definition) is 1. The summed E-state index contributed by atoms with van der Waals surface area (Å²) in [7, 11) is 0. The maximum Gasteiger partial charge on any atom is 0.224 e. The van der Waals surface area contributed by atoms with E-state index in [-0.39, 0.29) is 17.2 Å². The highest BCUT2D eigenvalue weighted by Crippen LogP contribution is 2.23. The average molecular weight is 296 g/mol. The van der Waals surface area contributed by atoms with E-state index in [1.54, 1.807) is 12.1 Å². The van der Waals surface area contributed by atoms with Crippen LogP contribution in [0, 0.1) is 5.82 Å². The molecule has 1 unspecified atom stereocenters. The first kappa shape index (κ1) is 14.5. The quantitative estimate of drug-likeness (QED) is 0.840. The van der Waals surface area contributed by atoms with Crippen LogP contribution in [0.1, 0.15) is 20.3 Å². The van der Waals surface area contributed by atoms with Gasteiger partial charge in [0.1, 0.15) is 5.75 Å². The zero-order valence-corrected chi connectivity index (χ0v) is 12.0. The van der Waals surface area contributed by atoms with Crippen molar-refractivity contribution >= 4 is 23.1 Å². The average Bonchev–Trinajstić information content (AvgIpc) is 2.43. The summed E-state index contributed by atoms with van der Waals surface area (Å²) in [5.74, 6) is 0.179. The van der Waals surface area contributed by atoms with Crippen molar-refractivity contribution in [3.05, 3.63) is 41.6 Å². The zero-order chi connectivity index (χ0) is 14.5. The molecule has 1 aromatic heterocycles. The third-order valence-electron chi connectivity index (χ3n) is 2.72. The van der Waals surface area contributed by atoms with Gasteiger partial charge in [0, 0.05) is 11.8 Å². The van der Waals surface area contributed by atoms with E-state index in [1.807, 2.05) is 26.0 Å². The summed E-state index contributed by atoms with van der Waals surface area (Å²) in [5, 5.41) is 2.84. The van der Waals surface area contributed by atoms with Crippen LogP contribution in [0.2, 0.25) is 5.28 Å². The lowest BCUT2D eigenvalue weighted by Gasteiger charge is -2.14. The lowest BCUT2D eigenvalue weighted by Crippen LogP contribution is -2.09. The molecule has 4 nitrogen and oxygen atoms in total. The Morgan fingerprint density at radius 2 is 2.25 bits per heavy atom. The van der Waals surface area contributed by atoms with Gasteiger partial charge in [-0.2, -0.15) is 4.98 Å². The Labute approximate surface area is 122 Å². The molecule has 1 atom stereocenters. The maximum atomic E-state index is 13.5. The van der Waals surface area contributed by atoms with Gasteiger partial charge in [-0.3, -0.25) is 0 Å². The molecular formula is C14H15ClFN3O. The SMILES string of the molecule is CCC(C)Oc1cccc(Nc2nc(Cl)ncc2F)c1. The number of rotatable bonds is 5. The van der Waals surface area contributed by atoms with E-state index >= 15 is 0 Å². The normalized spacial score (nSPS) is 12.0. The molecule has 0 spiro atoms. The third kappa shape index (κ3) is 3.81. The van der Waals surface area contributed by atoms with Crippen LogP contribution in [-0.4, -0.2) is 16.1 Å². The van der Waals surface area contributed by atoms with Crippen LogP contribution in [0.3, 0.4) is 0 Å². The van der Waals surface area contributed by atoms with E-state index in [1.165, 1.54) is 0 Å². The second-order valence-corrected chi connectivity index (χ2v) is 4.66. The van der Waals surface area contributed by atoms with Crippen molar-refractivity contribution < 1.29 is 9.13 Å². The van der Waals surface area contributed by atoms with Crippen molar-refractivity contribution in [1.29, 1.82) is 0 Å². The minimum absolute atomic E-state index is 0.0130. The summed E-state index contributed by atoms with van der Waals surface area (Å²) in [4.78, 5) is 7.37. The predicted molar refractivity (Wildman–Crippen MR) is 77.1 cm³/mol. The molecule has 0 aliphatic rings. The predicted octanol–water partition coefficient (Wildman–Crippen LogP) is 4.19. The van der Waals surface area contributed by atoms with Crippen LogP contribution < -0.4 is 10.1 Å². The smallest absolute Gasteiger partial charge is 0.224 e. The Kier molecular flexibility index (Phi) is 4.74. The fourth-order valence-corrected chi connectivity index (χ4v) is 1.67. The third-order valence-corrected chi connectivity index (χ3v) is 2.91. The molecule has 0 amide bonds. The van der Waals surface area contributed by atoms with Crippen molar-refractivity contribution in [2.75, 3.05) is 5.32 Å². The molecule has 2 rings (SSSR count). The van der Waals surface area contributed by atoms with E-state index in [0.717, 1.165) is 12.6 Å². The Hall–Kier alpha value is -1.88. The van der Waals surface area contributed by atoms with Crippen molar-refractivity contribution in [3.8, 4) is 5.75 Å². The number of aromatic nitrogens is 2. The van der Waals surface area contributed by atoms with Gasteiger partial charge in [-0.05, 0) is 37.1 Å². The van der Waals surface area contributed by atoms with Crippen molar-refractivity contribution in [2.45, 2.75) is 26.4 Å². The molecule has 0 radical (unpaired) electrons. The van der Waals surface area contributed by atoms with Crippen LogP contribution in [0.25, 0.3) is 0 Å². The van der Waals surface area contributed by atoms with E-state index in [9.17, 15) is 4.39 Å². The van der Waals surface area contributed by atoms with Gasteiger partial charge in [-0.15, -0.1) is 0 Å². The number of nitrogens with one attached hydrogen (secondary N) is 1. The summed E-state index contributed by atoms with van der Waals surface area (Å²) >= 11 is 5.65. The molecule has 0 fully saturated rings. The molecule has 20 heavy (non-hydrogen) atoms. The van der Waals surface area contributed by atoms with Gasteiger partial charge in [-0.1, -0.05) is 13.0 Å². The minimum Gasteiger partial charge on any atom is -0.491 e. The van der Waals surface area contributed by atoms with Crippen molar-refractivity contribution in [2.24, 2.45) is 0 Å². The first-order valence-corrected chi connectivity index (χ1v) is 6.68. The Bertz CT molecular complexity index is 594. The first-order chi connectivity index (χ1) is 9.58. The van der Waals surface area contributed by atoms with Crippen molar-refractivity contribution in [3.63, 3.8) is 0 Å². The van der Waals surface area contributed by atoms with E-state index < -0.39 is 5.82 Å². The number of nitrogens with zero attached hydrogens (tertiary/aromatic N) is 2. The monoisotopic (exact) mass is 295 g/mol. The van der Waals surface area contributed by atoms with E-state index in [0.29, 0.717) is 11.4 Å². The molecule has 6 heteroatoms. The van der Waals surface area contributed by atoms with Gasteiger partial charge in [-0.25, -0.2) is 9.37 Å². The van der Waals surface area contributed by atoms with Crippen molar-refractivity contribution in [1.82, 2.24) is 9.97 Å². The fraction of sp³-hybridized carbons (Fsp3) is 0.286. The molecule has 106 valence electrons. The standard InChI is InChI=1S/C14H15ClFN3O/c1-3-9(2)20-11-6-4-5-10(7-11)18-13-12(16)8-17-14(15)19-13/h4-9H,3H2,1-2H3,(H,17,18,19). The minimum atomic E-state index is -0.567. The van der Waals surface area contributed by atoms with Crippen LogP contribution in [-0.2, 0) is 0 Å². The van der Waals surface area contributed by atoms with Gasteiger partial charge in [0.05, 0.1) is 12.3 Å². The molecule has 0 bridgehead atoms. The highest BCUT2D eigenvalue weighted by atomic mass is 35.5. The van der Waals surface area contributed by atoms with Crippen LogP contribution in [0.4, 0.5) is 15.9 Å². The Balaban J connectivity index is 2.17. The van der Waals surface area contributed by atoms with Crippen LogP contribution >= 0.6 is 11.6 Å². The molecule has 0 aliphatic heterocycles. The topological polar surface area (TPSA) is 47.0 Å². The second-order valence-electron chi connectivity index (χ2n) is 4.33. The highest BCUT2D eigenvalue weighted by molar-refractivity contribution is 6.28. The number of halogens is 2. The molecule has 1 N–H and O–H groups in total.